The van der Waals surface area contributed by atoms with E-state index in [1.54, 1.807) is 11.8 Å². The Balaban J connectivity index is 1.87. The topological polar surface area (TPSA) is 38.8 Å². The summed E-state index contributed by atoms with van der Waals surface area (Å²) in [4.78, 5) is 13.9. The van der Waals surface area contributed by atoms with Gasteiger partial charge in [0.1, 0.15) is 18.6 Å². The molecule has 20 heavy (non-hydrogen) atoms. The lowest BCUT2D eigenvalue weighted by atomic mass is 10.1. The SMILES string of the molecule is C=C(C)CN1C(=O)CSC1c1ccc2c(c1)OCCO2. The fourth-order valence-electron chi connectivity index (χ4n) is 2.41. The van der Waals surface area contributed by atoms with E-state index in [4.69, 9.17) is 9.47 Å². The van der Waals surface area contributed by atoms with Crippen LogP contribution in [0.15, 0.2) is 30.4 Å². The summed E-state index contributed by atoms with van der Waals surface area (Å²) in [5.74, 6) is 2.23. The minimum absolute atomic E-state index is 0.0371. The fraction of sp³-hybridized carbons (Fsp3) is 0.400. The molecule has 0 radical (unpaired) electrons. The molecule has 1 unspecified atom stereocenters. The zero-order valence-corrected chi connectivity index (χ0v) is 12.2. The summed E-state index contributed by atoms with van der Waals surface area (Å²) >= 11 is 1.64. The summed E-state index contributed by atoms with van der Waals surface area (Å²) in [6.45, 7) is 7.61. The predicted octanol–water partition coefficient (Wildman–Crippen LogP) is 2.61. The Morgan fingerprint density at radius 2 is 2.15 bits per heavy atom. The molecule has 3 rings (SSSR count). The molecule has 0 saturated carbocycles. The van der Waals surface area contributed by atoms with E-state index >= 15 is 0 Å². The molecule has 1 amide bonds. The first-order valence-electron chi connectivity index (χ1n) is 6.60. The van der Waals surface area contributed by atoms with Gasteiger partial charge in [0.05, 0.1) is 5.75 Å². The number of nitrogens with zero attached hydrogens (tertiary/aromatic N) is 1. The second-order valence-electron chi connectivity index (χ2n) is 5.05. The highest BCUT2D eigenvalue weighted by molar-refractivity contribution is 8.00. The van der Waals surface area contributed by atoms with Crippen LogP contribution in [0, 0.1) is 0 Å². The van der Waals surface area contributed by atoms with Gasteiger partial charge in [0, 0.05) is 6.54 Å². The number of thioether (sulfide) groups is 1. The van der Waals surface area contributed by atoms with E-state index in [2.05, 4.69) is 6.58 Å². The Hall–Kier alpha value is -1.62. The van der Waals surface area contributed by atoms with Gasteiger partial charge in [-0.05, 0) is 24.6 Å². The number of fused-ring (bicyclic) bond motifs is 1. The van der Waals surface area contributed by atoms with Gasteiger partial charge in [-0.2, -0.15) is 0 Å². The Morgan fingerprint density at radius 1 is 1.40 bits per heavy atom. The van der Waals surface area contributed by atoms with Gasteiger partial charge in [-0.25, -0.2) is 0 Å². The number of carbonyl (C=O) groups excluding carboxylic acids is 1. The Kier molecular flexibility index (Phi) is 3.61. The molecule has 0 bridgehead atoms. The van der Waals surface area contributed by atoms with Crippen molar-refractivity contribution in [2.75, 3.05) is 25.5 Å². The first-order valence-corrected chi connectivity index (χ1v) is 7.65. The van der Waals surface area contributed by atoms with Gasteiger partial charge in [0.2, 0.25) is 5.91 Å². The zero-order chi connectivity index (χ0) is 14.1. The molecule has 1 aromatic carbocycles. The number of benzene rings is 1. The second kappa shape index (κ2) is 5.40. The Labute approximate surface area is 122 Å². The van der Waals surface area contributed by atoms with E-state index in [1.165, 1.54) is 0 Å². The maximum Gasteiger partial charge on any atom is 0.234 e. The summed E-state index contributed by atoms with van der Waals surface area (Å²) in [7, 11) is 0. The molecule has 1 aromatic rings. The van der Waals surface area contributed by atoms with Gasteiger partial charge < -0.3 is 14.4 Å². The number of ether oxygens (including phenoxy) is 2. The number of carbonyl (C=O) groups is 1. The number of amides is 1. The smallest absolute Gasteiger partial charge is 0.234 e. The molecule has 1 atom stereocenters. The molecular formula is C15H17NO3S. The minimum Gasteiger partial charge on any atom is -0.486 e. The molecule has 2 aliphatic rings. The first kappa shape index (κ1) is 13.4. The average molecular weight is 291 g/mol. The highest BCUT2D eigenvalue weighted by Crippen LogP contribution is 2.42. The van der Waals surface area contributed by atoms with Gasteiger partial charge >= 0.3 is 0 Å². The standard InChI is InChI=1S/C15H17NO3S/c1-10(2)8-16-14(17)9-20-15(16)11-3-4-12-13(7-11)19-6-5-18-12/h3-4,7,15H,1,5-6,8-9H2,2H3. The number of hydrogen-bond donors (Lipinski definition) is 0. The minimum atomic E-state index is 0.0371. The summed E-state index contributed by atoms with van der Waals surface area (Å²) in [5.41, 5.74) is 2.06. The van der Waals surface area contributed by atoms with Crippen molar-refractivity contribution >= 4 is 17.7 Å². The molecule has 0 N–H and O–H groups in total. The highest BCUT2D eigenvalue weighted by atomic mass is 32.2. The quantitative estimate of drug-likeness (QED) is 0.803. The van der Waals surface area contributed by atoms with Crippen LogP contribution in [0.2, 0.25) is 0 Å². The van der Waals surface area contributed by atoms with Gasteiger partial charge in [0.15, 0.2) is 11.5 Å². The lowest BCUT2D eigenvalue weighted by Crippen LogP contribution is -2.29. The number of hydrogen-bond acceptors (Lipinski definition) is 4. The van der Waals surface area contributed by atoms with Crippen LogP contribution in [-0.2, 0) is 4.79 Å². The zero-order valence-electron chi connectivity index (χ0n) is 11.4. The van der Waals surface area contributed by atoms with Crippen molar-refractivity contribution in [1.29, 1.82) is 0 Å². The van der Waals surface area contributed by atoms with E-state index in [9.17, 15) is 4.79 Å². The van der Waals surface area contributed by atoms with Gasteiger partial charge in [-0.3, -0.25) is 4.79 Å². The van der Waals surface area contributed by atoms with Crippen molar-refractivity contribution in [3.63, 3.8) is 0 Å². The van der Waals surface area contributed by atoms with E-state index in [1.807, 2.05) is 30.0 Å². The van der Waals surface area contributed by atoms with Crippen LogP contribution >= 0.6 is 11.8 Å². The van der Waals surface area contributed by atoms with Gasteiger partial charge in [-0.1, -0.05) is 18.2 Å². The summed E-state index contributed by atoms with van der Waals surface area (Å²) in [6.07, 6.45) is 0. The van der Waals surface area contributed by atoms with Crippen LogP contribution in [0.1, 0.15) is 17.9 Å². The molecule has 0 aliphatic carbocycles. The fourth-order valence-corrected chi connectivity index (χ4v) is 3.58. The molecule has 2 aliphatic heterocycles. The van der Waals surface area contributed by atoms with Crippen LogP contribution in [0.4, 0.5) is 0 Å². The molecule has 106 valence electrons. The lowest BCUT2D eigenvalue weighted by molar-refractivity contribution is -0.127. The Morgan fingerprint density at radius 3 is 2.90 bits per heavy atom. The average Bonchev–Trinajstić information content (AvgIpc) is 2.79. The Bertz CT molecular complexity index is 558. The van der Waals surface area contributed by atoms with Crippen molar-refractivity contribution in [1.82, 2.24) is 4.90 Å². The summed E-state index contributed by atoms with van der Waals surface area (Å²) in [6, 6.07) is 5.91. The summed E-state index contributed by atoms with van der Waals surface area (Å²) in [5, 5.41) is 0.0371. The van der Waals surface area contributed by atoms with Gasteiger partial charge in [0.25, 0.3) is 0 Å². The van der Waals surface area contributed by atoms with E-state index < -0.39 is 0 Å². The largest absolute Gasteiger partial charge is 0.486 e. The van der Waals surface area contributed by atoms with Crippen molar-refractivity contribution in [3.8, 4) is 11.5 Å². The normalized spacial score (nSPS) is 21.1. The first-order chi connectivity index (χ1) is 9.65. The molecule has 1 saturated heterocycles. The van der Waals surface area contributed by atoms with Crippen molar-refractivity contribution in [2.45, 2.75) is 12.3 Å². The second-order valence-corrected chi connectivity index (χ2v) is 6.11. The third kappa shape index (κ3) is 2.50. The van der Waals surface area contributed by atoms with E-state index in [0.717, 1.165) is 22.6 Å². The van der Waals surface area contributed by atoms with Crippen LogP contribution in [-0.4, -0.2) is 36.3 Å². The molecule has 0 spiro atoms. The van der Waals surface area contributed by atoms with Crippen LogP contribution < -0.4 is 9.47 Å². The third-order valence-electron chi connectivity index (χ3n) is 3.26. The lowest BCUT2D eigenvalue weighted by Gasteiger charge is -2.26. The predicted molar refractivity (Wildman–Crippen MR) is 79.2 cm³/mol. The molecular weight excluding hydrogens is 274 g/mol. The third-order valence-corrected chi connectivity index (χ3v) is 4.52. The van der Waals surface area contributed by atoms with Crippen LogP contribution in [0.3, 0.4) is 0 Å². The molecule has 2 heterocycles. The molecule has 4 nitrogen and oxygen atoms in total. The van der Waals surface area contributed by atoms with Gasteiger partial charge in [-0.15, -0.1) is 11.8 Å². The van der Waals surface area contributed by atoms with E-state index in [-0.39, 0.29) is 11.3 Å². The van der Waals surface area contributed by atoms with Crippen molar-refractivity contribution < 1.29 is 14.3 Å². The molecule has 1 fully saturated rings. The van der Waals surface area contributed by atoms with Crippen LogP contribution in [0.5, 0.6) is 11.5 Å². The maximum absolute atomic E-state index is 12.0. The number of rotatable bonds is 3. The molecule has 5 heteroatoms. The van der Waals surface area contributed by atoms with Crippen LogP contribution in [0.25, 0.3) is 0 Å². The highest BCUT2D eigenvalue weighted by Gasteiger charge is 2.33. The van der Waals surface area contributed by atoms with Crippen molar-refractivity contribution in [3.05, 3.63) is 35.9 Å². The van der Waals surface area contributed by atoms with E-state index in [0.29, 0.717) is 25.5 Å². The monoisotopic (exact) mass is 291 g/mol. The maximum atomic E-state index is 12.0. The summed E-state index contributed by atoms with van der Waals surface area (Å²) < 4.78 is 11.1. The van der Waals surface area contributed by atoms with Crippen molar-refractivity contribution in [2.24, 2.45) is 0 Å². The molecule has 0 aromatic heterocycles.